The number of nitrogens with zero attached hydrogens (tertiary/aromatic N) is 6. The topological polar surface area (TPSA) is 61.6 Å². The van der Waals surface area contributed by atoms with E-state index in [0.717, 1.165) is 97.5 Å². The molecule has 0 saturated carbocycles. The molecule has 1 N–H and O–H groups in total. The number of fused-ring (bicyclic) bond motifs is 8. The van der Waals surface area contributed by atoms with Gasteiger partial charge in [0.15, 0.2) is 0 Å². The van der Waals surface area contributed by atoms with Crippen LogP contribution in [-0.2, 0) is 0 Å². The molecule has 0 amide bonds. The molecule has 0 unspecified atom stereocenters. The molecular formula is C56H54IN7-2. The van der Waals surface area contributed by atoms with Gasteiger partial charge < -0.3 is 0 Å². The second kappa shape index (κ2) is 17.7. The third-order valence-corrected chi connectivity index (χ3v) is 13.8. The molecule has 9 aromatic rings. The van der Waals surface area contributed by atoms with Gasteiger partial charge in [-0.2, -0.15) is 0 Å². The fourth-order valence-corrected chi connectivity index (χ4v) is 11.5. The summed E-state index contributed by atoms with van der Waals surface area (Å²) in [7, 11) is 0. The van der Waals surface area contributed by atoms with Gasteiger partial charge in [0.2, 0.25) is 0 Å². The van der Waals surface area contributed by atoms with Gasteiger partial charge in [0, 0.05) is 0 Å². The Hall–Kier alpha value is -6.23. The van der Waals surface area contributed by atoms with Crippen molar-refractivity contribution in [3.8, 4) is 22.3 Å². The first-order chi connectivity index (χ1) is 31.2. The fourth-order valence-electron chi connectivity index (χ4n) is 9.11. The normalized spacial score (nSPS) is 13.1. The summed E-state index contributed by atoms with van der Waals surface area (Å²) in [5, 5.41) is 4.55. The Morgan fingerprint density at radius 1 is 0.469 bits per heavy atom. The summed E-state index contributed by atoms with van der Waals surface area (Å²) in [5.74, 6) is 1.41. The molecule has 64 heavy (non-hydrogen) atoms. The number of benzene rings is 8. The number of aromatic nitrogens is 2. The van der Waals surface area contributed by atoms with Crippen molar-refractivity contribution in [1.29, 1.82) is 0 Å². The summed E-state index contributed by atoms with van der Waals surface area (Å²) in [6, 6.07) is 56.8. The number of anilines is 5. The van der Waals surface area contributed by atoms with Gasteiger partial charge in [-0.05, 0) is 0 Å². The third kappa shape index (κ3) is 7.98. The van der Waals surface area contributed by atoms with Crippen molar-refractivity contribution in [2.75, 3.05) is 33.0 Å². The first-order valence-corrected chi connectivity index (χ1v) is 24.6. The SMILES string of the molecule is CC(C)CN1[N-]c2c(c(-c3ccc(N(CC(C)C)c4ccccc4)cc3)c3nc4c5ccccc5c5ccccc5c4nc3c2-c2ccc(N(CC(C)C)c3ccccc3)cc2)N[I-]1. The molecule has 8 heteroatoms. The van der Waals surface area contributed by atoms with Gasteiger partial charge in [0.05, 0.1) is 0 Å². The fraction of sp³-hybridized carbons (Fsp3) is 0.214. The van der Waals surface area contributed by atoms with Crippen LogP contribution in [0.5, 0.6) is 0 Å². The average Bonchev–Trinajstić information content (AvgIpc) is 3.32. The zero-order chi connectivity index (χ0) is 43.9. The molecule has 1 aromatic heterocycles. The van der Waals surface area contributed by atoms with Crippen LogP contribution in [0.15, 0.2) is 158 Å². The van der Waals surface area contributed by atoms with Gasteiger partial charge in [0.25, 0.3) is 0 Å². The first kappa shape index (κ1) is 41.8. The molecule has 322 valence electrons. The van der Waals surface area contributed by atoms with E-state index in [4.69, 9.17) is 15.4 Å². The van der Waals surface area contributed by atoms with Gasteiger partial charge >= 0.3 is 384 Å². The van der Waals surface area contributed by atoms with Crippen LogP contribution in [0.25, 0.3) is 71.3 Å². The maximum atomic E-state index is 5.80. The van der Waals surface area contributed by atoms with E-state index in [1.54, 1.807) is 0 Å². The second-order valence-corrected chi connectivity index (χ2v) is 20.3. The van der Waals surface area contributed by atoms with E-state index in [9.17, 15) is 0 Å². The predicted octanol–water partition coefficient (Wildman–Crippen LogP) is 12.2. The minimum absolute atomic E-state index is 0.453. The van der Waals surface area contributed by atoms with Crippen LogP contribution in [-0.4, -0.2) is 32.8 Å². The molecule has 2 heterocycles. The summed E-state index contributed by atoms with van der Waals surface area (Å²) in [6.45, 7) is 16.3. The number of rotatable bonds is 12. The monoisotopic (exact) mass is 951 g/mol. The van der Waals surface area contributed by atoms with Gasteiger partial charge in [-0.25, -0.2) is 0 Å². The van der Waals surface area contributed by atoms with E-state index in [0.29, 0.717) is 17.8 Å². The van der Waals surface area contributed by atoms with E-state index < -0.39 is 21.8 Å². The molecule has 8 aromatic carbocycles. The Labute approximate surface area is 388 Å². The second-order valence-electron chi connectivity index (χ2n) is 18.1. The third-order valence-electron chi connectivity index (χ3n) is 11.9. The first-order valence-electron chi connectivity index (χ1n) is 22.6. The minimum atomic E-state index is -0.664. The van der Waals surface area contributed by atoms with Crippen molar-refractivity contribution < 1.29 is 21.8 Å². The molecule has 0 saturated heterocycles. The molecule has 0 spiro atoms. The number of hydrogen-bond donors (Lipinski definition) is 1. The number of para-hydroxylation sites is 2. The van der Waals surface area contributed by atoms with Crippen molar-refractivity contribution in [3.05, 3.63) is 163 Å². The van der Waals surface area contributed by atoms with Gasteiger partial charge in [-0.15, -0.1) is 0 Å². The molecule has 0 atom stereocenters. The Balaban J connectivity index is 1.25. The zero-order valence-corrected chi connectivity index (χ0v) is 39.6. The van der Waals surface area contributed by atoms with Crippen LogP contribution in [0, 0.1) is 17.8 Å². The van der Waals surface area contributed by atoms with Crippen molar-refractivity contribution in [2.24, 2.45) is 17.8 Å². The van der Waals surface area contributed by atoms with Gasteiger partial charge in [-0.1, -0.05) is 6.07 Å². The summed E-state index contributed by atoms with van der Waals surface area (Å²) in [6.07, 6.45) is 0. The molecule has 0 fully saturated rings. The molecule has 0 aliphatic carbocycles. The maximum absolute atomic E-state index is 5.80. The number of hydrogen-bond acceptors (Lipinski definition) is 6. The standard InChI is InChI=1S/C56H54IN7/c1-36(2)33-62(41-17-9-7-10-18-41)43-29-25-39(26-30-43)49-53-54(59-52-48-24-16-14-22-46(48)45-21-13-15-23-47(45)51(52)58-53)50(56-55(49)60-57-64(61-56)35-38(5)6)40-27-31-44(32-28-40)63(34-37(3)4)42-19-11-8-12-20-42/h7-32,36-38,60H,33-35H2,1-6H3/q-2. The van der Waals surface area contributed by atoms with E-state index in [2.05, 4.69) is 216 Å². The van der Waals surface area contributed by atoms with Crippen molar-refractivity contribution in [1.82, 2.24) is 13.2 Å². The zero-order valence-electron chi connectivity index (χ0n) is 37.4. The van der Waals surface area contributed by atoms with Crippen LogP contribution in [0.1, 0.15) is 41.5 Å². The van der Waals surface area contributed by atoms with Crippen LogP contribution >= 0.6 is 0 Å². The van der Waals surface area contributed by atoms with Crippen LogP contribution in [0.4, 0.5) is 34.1 Å². The van der Waals surface area contributed by atoms with E-state index in [1.807, 2.05) is 0 Å². The van der Waals surface area contributed by atoms with E-state index in [-0.39, 0.29) is 0 Å². The van der Waals surface area contributed by atoms with Gasteiger partial charge in [-0.3, -0.25) is 0 Å². The Morgan fingerprint density at radius 3 is 1.33 bits per heavy atom. The Morgan fingerprint density at radius 2 is 0.875 bits per heavy atom. The predicted molar refractivity (Wildman–Crippen MR) is 268 cm³/mol. The van der Waals surface area contributed by atoms with Crippen molar-refractivity contribution >= 4 is 77.7 Å². The Bertz CT molecular complexity index is 3100. The number of nitrogens with one attached hydrogen (secondary N) is 1. The van der Waals surface area contributed by atoms with Crippen LogP contribution in [0.3, 0.4) is 0 Å². The molecule has 1 aliphatic rings. The molecule has 1 aliphatic heterocycles. The molecule has 10 rings (SSSR count). The summed E-state index contributed by atoms with van der Waals surface area (Å²) in [4.78, 5) is 16.4. The quantitative estimate of drug-likeness (QED) is 0.0570. The van der Waals surface area contributed by atoms with E-state index >= 15 is 0 Å². The van der Waals surface area contributed by atoms with Crippen LogP contribution < -0.4 is 35.1 Å². The summed E-state index contributed by atoms with van der Waals surface area (Å²) < 4.78 is 6.30. The molecule has 0 bridgehead atoms. The molecule has 7 nitrogen and oxygen atoms in total. The van der Waals surface area contributed by atoms with Gasteiger partial charge in [0.1, 0.15) is 0 Å². The van der Waals surface area contributed by atoms with Crippen molar-refractivity contribution in [3.63, 3.8) is 0 Å². The number of halogens is 1. The van der Waals surface area contributed by atoms with E-state index in [1.165, 1.54) is 22.1 Å². The summed E-state index contributed by atoms with van der Waals surface area (Å²) in [5.41, 5.74) is 19.9. The summed E-state index contributed by atoms with van der Waals surface area (Å²) >= 11 is -0.664. The molecular weight excluding hydrogens is 898 g/mol. The molecule has 0 radical (unpaired) electrons. The Kier molecular flexibility index (Phi) is 11.6. The average molecular weight is 952 g/mol. The van der Waals surface area contributed by atoms with Crippen LogP contribution in [0.2, 0.25) is 0 Å². The van der Waals surface area contributed by atoms with Crippen molar-refractivity contribution in [2.45, 2.75) is 41.5 Å².